The molecule has 0 bridgehead atoms. The summed E-state index contributed by atoms with van der Waals surface area (Å²) in [5.74, 6) is 0.754. The maximum absolute atomic E-state index is 11.6. The molecule has 2 heterocycles. The van der Waals surface area contributed by atoms with Crippen LogP contribution < -0.4 is 10.6 Å². The Hall–Kier alpha value is -1.63. The van der Waals surface area contributed by atoms with Crippen molar-refractivity contribution in [1.82, 2.24) is 25.4 Å². The summed E-state index contributed by atoms with van der Waals surface area (Å²) in [6, 6.07) is -0.198. The number of carbonyl (C=O) groups is 1. The van der Waals surface area contributed by atoms with Gasteiger partial charge in [0.05, 0.1) is 12.6 Å². The number of rotatable bonds is 5. The van der Waals surface area contributed by atoms with Gasteiger partial charge in [0.1, 0.15) is 6.33 Å². The number of hydrogen-bond donors (Lipinski definition) is 2. The highest BCUT2D eigenvalue weighted by atomic mass is 16.5. The fourth-order valence-electron chi connectivity index (χ4n) is 1.91. The Bertz CT molecular complexity index is 387. The highest BCUT2D eigenvalue weighted by molar-refractivity contribution is 5.73. The van der Waals surface area contributed by atoms with Crippen LogP contribution >= 0.6 is 0 Å². The average molecular weight is 253 g/mol. The Labute approximate surface area is 106 Å². The van der Waals surface area contributed by atoms with E-state index in [0.29, 0.717) is 13.1 Å². The minimum atomic E-state index is -0.198. The first kappa shape index (κ1) is 12.8. The van der Waals surface area contributed by atoms with Crippen LogP contribution in [0.5, 0.6) is 0 Å². The zero-order valence-electron chi connectivity index (χ0n) is 10.6. The van der Waals surface area contributed by atoms with Crippen molar-refractivity contribution in [3.63, 3.8) is 0 Å². The van der Waals surface area contributed by atoms with Crippen LogP contribution in [0.25, 0.3) is 0 Å². The van der Waals surface area contributed by atoms with Crippen molar-refractivity contribution in [3.8, 4) is 0 Å². The molecule has 0 radical (unpaired) electrons. The van der Waals surface area contributed by atoms with E-state index >= 15 is 0 Å². The summed E-state index contributed by atoms with van der Waals surface area (Å²) in [7, 11) is 0. The lowest BCUT2D eigenvalue weighted by atomic mass is 10.2. The highest BCUT2D eigenvalue weighted by Crippen LogP contribution is 2.10. The van der Waals surface area contributed by atoms with Gasteiger partial charge in [0.25, 0.3) is 0 Å². The van der Waals surface area contributed by atoms with Crippen LogP contribution in [0.1, 0.15) is 25.6 Å². The molecule has 0 saturated carbocycles. The molecule has 1 atom stereocenters. The van der Waals surface area contributed by atoms with Crippen LogP contribution in [0.2, 0.25) is 0 Å². The van der Waals surface area contributed by atoms with Crippen LogP contribution in [0.15, 0.2) is 6.33 Å². The smallest absolute Gasteiger partial charge is 0.315 e. The fourth-order valence-corrected chi connectivity index (χ4v) is 1.91. The van der Waals surface area contributed by atoms with Gasteiger partial charge in [-0.25, -0.2) is 4.79 Å². The molecule has 1 aliphatic heterocycles. The van der Waals surface area contributed by atoms with Crippen LogP contribution in [-0.4, -0.2) is 40.1 Å². The maximum atomic E-state index is 11.6. The van der Waals surface area contributed by atoms with E-state index in [2.05, 4.69) is 20.8 Å². The predicted octanol–water partition coefficient (Wildman–Crippen LogP) is 0.276. The Kier molecular flexibility index (Phi) is 4.52. The van der Waals surface area contributed by atoms with E-state index in [4.69, 9.17) is 4.74 Å². The van der Waals surface area contributed by atoms with Crippen molar-refractivity contribution in [1.29, 1.82) is 0 Å². The minimum Gasteiger partial charge on any atom is -0.376 e. The number of nitrogens with zero attached hydrogens (tertiary/aromatic N) is 3. The molecule has 1 fully saturated rings. The van der Waals surface area contributed by atoms with Crippen LogP contribution in [-0.2, 0) is 17.8 Å². The van der Waals surface area contributed by atoms with Crippen LogP contribution in [0.3, 0.4) is 0 Å². The number of nitrogens with one attached hydrogen (secondary N) is 2. The molecular weight excluding hydrogens is 234 g/mol. The number of carbonyl (C=O) groups excluding carboxylic acids is 1. The molecule has 1 aromatic heterocycles. The third kappa shape index (κ3) is 3.43. The molecule has 7 nitrogen and oxygen atoms in total. The van der Waals surface area contributed by atoms with E-state index in [1.165, 1.54) is 0 Å². The van der Waals surface area contributed by atoms with Crippen molar-refractivity contribution in [2.75, 3.05) is 13.2 Å². The normalized spacial score (nSPS) is 18.8. The van der Waals surface area contributed by atoms with Gasteiger partial charge in [-0.3, -0.25) is 0 Å². The number of amides is 2. The van der Waals surface area contributed by atoms with Crippen molar-refractivity contribution in [3.05, 3.63) is 12.2 Å². The minimum absolute atomic E-state index is 0.162. The summed E-state index contributed by atoms with van der Waals surface area (Å²) in [5, 5.41) is 13.3. The molecule has 0 spiro atoms. The summed E-state index contributed by atoms with van der Waals surface area (Å²) in [5.41, 5.74) is 0. The number of aryl methyl sites for hydroxylation is 1. The number of aromatic nitrogens is 3. The van der Waals surface area contributed by atoms with Crippen molar-refractivity contribution >= 4 is 6.03 Å². The second-order valence-electron chi connectivity index (χ2n) is 4.23. The first-order valence-electron chi connectivity index (χ1n) is 6.29. The number of urea groups is 1. The first-order valence-corrected chi connectivity index (χ1v) is 6.29. The lowest BCUT2D eigenvalue weighted by Crippen LogP contribution is -2.39. The molecular formula is C11H19N5O2. The molecule has 2 N–H and O–H groups in total. The molecule has 7 heteroatoms. The molecule has 1 unspecified atom stereocenters. The van der Waals surface area contributed by atoms with Gasteiger partial charge in [0, 0.05) is 19.7 Å². The van der Waals surface area contributed by atoms with E-state index in [1.807, 2.05) is 11.5 Å². The Morgan fingerprint density at radius 2 is 2.50 bits per heavy atom. The Morgan fingerprint density at radius 1 is 1.61 bits per heavy atom. The Balaban J connectivity index is 1.68. The molecule has 18 heavy (non-hydrogen) atoms. The Morgan fingerprint density at radius 3 is 3.22 bits per heavy atom. The van der Waals surface area contributed by atoms with Crippen molar-refractivity contribution in [2.45, 2.75) is 39.0 Å². The van der Waals surface area contributed by atoms with E-state index in [1.54, 1.807) is 6.33 Å². The quantitative estimate of drug-likeness (QED) is 0.789. The maximum Gasteiger partial charge on any atom is 0.315 e. The summed E-state index contributed by atoms with van der Waals surface area (Å²) < 4.78 is 7.31. The van der Waals surface area contributed by atoms with E-state index < -0.39 is 0 Å². The second kappa shape index (κ2) is 6.34. The lowest BCUT2D eigenvalue weighted by molar-refractivity contribution is 0.111. The van der Waals surface area contributed by atoms with Gasteiger partial charge in [0.2, 0.25) is 0 Å². The largest absolute Gasteiger partial charge is 0.376 e. The molecule has 1 aliphatic rings. The van der Waals surface area contributed by atoms with Crippen LogP contribution in [0.4, 0.5) is 4.79 Å². The highest BCUT2D eigenvalue weighted by Gasteiger charge is 2.16. The molecule has 1 aromatic rings. The van der Waals surface area contributed by atoms with Gasteiger partial charge in [-0.15, -0.1) is 10.2 Å². The average Bonchev–Trinajstić information content (AvgIpc) is 3.04. The summed E-state index contributed by atoms with van der Waals surface area (Å²) in [6.07, 6.45) is 3.91. The van der Waals surface area contributed by atoms with E-state index in [9.17, 15) is 4.79 Å². The first-order chi connectivity index (χ1) is 8.79. The fraction of sp³-hybridized carbons (Fsp3) is 0.727. The van der Waals surface area contributed by atoms with Gasteiger partial charge >= 0.3 is 6.03 Å². The van der Waals surface area contributed by atoms with Gasteiger partial charge in [-0.05, 0) is 19.8 Å². The lowest BCUT2D eigenvalue weighted by Gasteiger charge is -2.11. The number of ether oxygens (including phenoxy) is 1. The number of hydrogen-bond acceptors (Lipinski definition) is 4. The molecule has 2 rings (SSSR count). The molecule has 2 amide bonds. The SMILES string of the molecule is CCn1cnnc1CNC(=O)NCC1CCCO1. The van der Waals surface area contributed by atoms with Gasteiger partial charge in [-0.1, -0.05) is 0 Å². The van der Waals surface area contributed by atoms with E-state index in [-0.39, 0.29) is 12.1 Å². The predicted molar refractivity (Wildman–Crippen MR) is 64.9 cm³/mol. The molecule has 0 aliphatic carbocycles. The van der Waals surface area contributed by atoms with Gasteiger partial charge in [-0.2, -0.15) is 0 Å². The summed E-state index contributed by atoms with van der Waals surface area (Å²) in [4.78, 5) is 11.6. The summed E-state index contributed by atoms with van der Waals surface area (Å²) >= 11 is 0. The van der Waals surface area contributed by atoms with Gasteiger partial charge in [0.15, 0.2) is 5.82 Å². The standard InChI is InChI=1S/C11H19N5O2/c1-2-16-8-14-15-10(16)7-13-11(17)12-6-9-4-3-5-18-9/h8-9H,2-7H2,1H3,(H2,12,13,17). The molecule has 100 valence electrons. The van der Waals surface area contributed by atoms with Gasteiger partial charge < -0.3 is 19.9 Å². The van der Waals surface area contributed by atoms with Crippen molar-refractivity contribution < 1.29 is 9.53 Å². The third-order valence-corrected chi connectivity index (χ3v) is 2.96. The van der Waals surface area contributed by atoms with E-state index in [0.717, 1.165) is 31.8 Å². The summed E-state index contributed by atoms with van der Waals surface area (Å²) in [6.45, 7) is 4.54. The second-order valence-corrected chi connectivity index (χ2v) is 4.23. The topological polar surface area (TPSA) is 81.1 Å². The van der Waals surface area contributed by atoms with Crippen LogP contribution in [0, 0.1) is 0 Å². The third-order valence-electron chi connectivity index (χ3n) is 2.96. The zero-order valence-corrected chi connectivity index (χ0v) is 10.6. The molecule has 1 saturated heterocycles. The monoisotopic (exact) mass is 253 g/mol. The van der Waals surface area contributed by atoms with Crippen molar-refractivity contribution in [2.24, 2.45) is 0 Å². The molecule has 0 aromatic carbocycles. The zero-order chi connectivity index (χ0) is 12.8.